The zero-order chi connectivity index (χ0) is 15.7. The van der Waals surface area contributed by atoms with Crippen LogP contribution in [0.5, 0.6) is 0 Å². The molecule has 2 aromatic carbocycles. The molecular weight excluding hydrogens is 283 g/mol. The minimum atomic E-state index is -0.447. The first-order valence-electron chi connectivity index (χ1n) is 6.72. The molecule has 0 bridgehead atoms. The van der Waals surface area contributed by atoms with Crippen molar-refractivity contribution in [3.05, 3.63) is 76.3 Å². The van der Waals surface area contributed by atoms with Crippen molar-refractivity contribution >= 4 is 22.5 Å². The van der Waals surface area contributed by atoms with E-state index in [1.807, 2.05) is 18.2 Å². The maximum absolute atomic E-state index is 13.0. The molecule has 0 radical (unpaired) electrons. The number of hydrogen-bond donors (Lipinski definition) is 1. The lowest BCUT2D eigenvalue weighted by Gasteiger charge is -2.17. The molecule has 0 saturated carbocycles. The van der Waals surface area contributed by atoms with E-state index in [-0.39, 0.29) is 11.4 Å². The Balaban J connectivity index is 2.02. The van der Waals surface area contributed by atoms with Crippen LogP contribution in [0.25, 0.3) is 10.9 Å². The Kier molecular flexibility index (Phi) is 3.47. The molecule has 0 unspecified atom stereocenters. The van der Waals surface area contributed by atoms with Crippen molar-refractivity contribution in [1.29, 1.82) is 0 Å². The molecule has 0 saturated heterocycles. The average molecular weight is 296 g/mol. The van der Waals surface area contributed by atoms with Crippen LogP contribution in [0.2, 0.25) is 0 Å². The minimum absolute atomic E-state index is 0.0468. The molecule has 0 atom stereocenters. The Labute approximate surface area is 125 Å². The Morgan fingerprint density at radius 3 is 2.50 bits per heavy atom. The summed E-state index contributed by atoms with van der Waals surface area (Å²) in [7, 11) is 1.55. The third kappa shape index (κ3) is 2.48. The molecule has 0 aliphatic rings. The number of aromatic nitrogens is 1. The van der Waals surface area contributed by atoms with Gasteiger partial charge in [0.1, 0.15) is 11.4 Å². The molecule has 0 aliphatic carbocycles. The Hall–Kier alpha value is -2.95. The zero-order valence-electron chi connectivity index (χ0n) is 11.8. The van der Waals surface area contributed by atoms with Gasteiger partial charge in [0, 0.05) is 18.3 Å². The highest BCUT2D eigenvalue weighted by Crippen LogP contribution is 2.16. The van der Waals surface area contributed by atoms with Crippen molar-refractivity contribution in [1.82, 2.24) is 4.98 Å². The number of para-hydroxylation sites is 1. The van der Waals surface area contributed by atoms with E-state index in [4.69, 9.17) is 0 Å². The fourth-order valence-electron chi connectivity index (χ4n) is 2.27. The number of benzene rings is 2. The average Bonchev–Trinajstić information content (AvgIpc) is 2.53. The number of pyridine rings is 1. The molecular formula is C17H13FN2O2. The van der Waals surface area contributed by atoms with Crippen LogP contribution in [0, 0.1) is 5.82 Å². The Morgan fingerprint density at radius 1 is 1.09 bits per heavy atom. The fourth-order valence-corrected chi connectivity index (χ4v) is 2.27. The molecule has 3 rings (SSSR count). The van der Waals surface area contributed by atoms with Crippen molar-refractivity contribution in [3.63, 3.8) is 0 Å². The quantitative estimate of drug-likeness (QED) is 0.790. The third-order valence-corrected chi connectivity index (χ3v) is 3.50. The lowest BCUT2D eigenvalue weighted by atomic mass is 10.1. The van der Waals surface area contributed by atoms with Crippen LogP contribution in [-0.2, 0) is 0 Å². The summed E-state index contributed by atoms with van der Waals surface area (Å²) in [6.45, 7) is 0. The number of carbonyl (C=O) groups is 1. The molecule has 4 nitrogen and oxygen atoms in total. The van der Waals surface area contributed by atoms with Gasteiger partial charge in [0.15, 0.2) is 0 Å². The molecule has 1 N–H and O–H groups in total. The Bertz CT molecular complexity index is 900. The van der Waals surface area contributed by atoms with Gasteiger partial charge in [0.05, 0.1) is 0 Å². The molecule has 0 fully saturated rings. The first-order valence-corrected chi connectivity index (χ1v) is 6.72. The summed E-state index contributed by atoms with van der Waals surface area (Å²) in [5, 5.41) is 0.776. The van der Waals surface area contributed by atoms with E-state index in [1.165, 1.54) is 29.2 Å². The molecule has 1 aromatic heterocycles. The van der Waals surface area contributed by atoms with Gasteiger partial charge >= 0.3 is 0 Å². The Morgan fingerprint density at radius 2 is 1.77 bits per heavy atom. The maximum atomic E-state index is 13.0. The number of nitrogens with one attached hydrogen (secondary N) is 1. The van der Waals surface area contributed by atoms with Gasteiger partial charge in [0.2, 0.25) is 0 Å². The largest absolute Gasteiger partial charge is 0.321 e. The minimum Gasteiger partial charge on any atom is -0.321 e. The summed E-state index contributed by atoms with van der Waals surface area (Å²) < 4.78 is 13.0. The van der Waals surface area contributed by atoms with E-state index in [0.717, 1.165) is 5.39 Å². The lowest BCUT2D eigenvalue weighted by molar-refractivity contribution is 0.0991. The number of carbonyl (C=O) groups excluding carboxylic acids is 1. The smallest absolute Gasteiger partial charge is 0.263 e. The number of nitrogens with zero attached hydrogens (tertiary/aromatic N) is 1. The van der Waals surface area contributed by atoms with E-state index in [2.05, 4.69) is 4.98 Å². The summed E-state index contributed by atoms with van der Waals surface area (Å²) in [6.07, 6.45) is 0. The molecule has 5 heteroatoms. The number of rotatable bonds is 2. The van der Waals surface area contributed by atoms with Gasteiger partial charge < -0.3 is 9.88 Å². The van der Waals surface area contributed by atoms with Gasteiger partial charge in [-0.25, -0.2) is 4.39 Å². The van der Waals surface area contributed by atoms with Crippen LogP contribution in [0.1, 0.15) is 10.4 Å². The fraction of sp³-hybridized carbons (Fsp3) is 0.0588. The van der Waals surface area contributed by atoms with Gasteiger partial charge in [0.25, 0.3) is 11.5 Å². The van der Waals surface area contributed by atoms with Crippen LogP contribution in [-0.4, -0.2) is 17.9 Å². The van der Waals surface area contributed by atoms with E-state index < -0.39 is 11.5 Å². The first kappa shape index (κ1) is 14.0. The van der Waals surface area contributed by atoms with Gasteiger partial charge in [-0.1, -0.05) is 18.2 Å². The van der Waals surface area contributed by atoms with Crippen molar-refractivity contribution in [2.75, 3.05) is 11.9 Å². The first-order chi connectivity index (χ1) is 10.6. The van der Waals surface area contributed by atoms with E-state index >= 15 is 0 Å². The van der Waals surface area contributed by atoms with Crippen LogP contribution in [0.4, 0.5) is 10.1 Å². The summed E-state index contributed by atoms with van der Waals surface area (Å²) in [5.74, 6) is -0.827. The van der Waals surface area contributed by atoms with Crippen molar-refractivity contribution in [3.8, 4) is 0 Å². The van der Waals surface area contributed by atoms with Crippen LogP contribution < -0.4 is 10.5 Å². The molecule has 110 valence electrons. The molecule has 1 heterocycles. The van der Waals surface area contributed by atoms with E-state index in [0.29, 0.717) is 11.2 Å². The van der Waals surface area contributed by atoms with Crippen molar-refractivity contribution in [2.45, 2.75) is 0 Å². The van der Waals surface area contributed by atoms with Crippen molar-refractivity contribution in [2.24, 2.45) is 0 Å². The van der Waals surface area contributed by atoms with Crippen LogP contribution >= 0.6 is 0 Å². The van der Waals surface area contributed by atoms with Gasteiger partial charge in [-0.3, -0.25) is 9.59 Å². The molecule has 0 aliphatic heterocycles. The highest BCUT2D eigenvalue weighted by Gasteiger charge is 2.17. The second kappa shape index (κ2) is 5.44. The van der Waals surface area contributed by atoms with Gasteiger partial charge in [-0.2, -0.15) is 0 Å². The van der Waals surface area contributed by atoms with Gasteiger partial charge in [-0.05, 0) is 41.8 Å². The maximum Gasteiger partial charge on any atom is 0.263 e. The predicted octanol–water partition coefficient (Wildman–Crippen LogP) is 2.94. The number of hydrogen-bond acceptors (Lipinski definition) is 2. The van der Waals surface area contributed by atoms with Gasteiger partial charge in [-0.15, -0.1) is 0 Å². The molecule has 1 amide bonds. The number of aromatic amines is 1. The second-order valence-electron chi connectivity index (χ2n) is 4.94. The van der Waals surface area contributed by atoms with E-state index in [1.54, 1.807) is 19.2 Å². The third-order valence-electron chi connectivity index (χ3n) is 3.50. The van der Waals surface area contributed by atoms with Crippen LogP contribution in [0.3, 0.4) is 0 Å². The number of fused-ring (bicyclic) bond motifs is 1. The SMILES string of the molecule is CN(C(=O)c1cc2ccccc2[nH]c1=O)c1ccc(F)cc1. The van der Waals surface area contributed by atoms with E-state index in [9.17, 15) is 14.0 Å². The van der Waals surface area contributed by atoms with Crippen LogP contribution in [0.15, 0.2) is 59.4 Å². The predicted molar refractivity (Wildman–Crippen MR) is 83.7 cm³/mol. The molecule has 0 spiro atoms. The highest BCUT2D eigenvalue weighted by molar-refractivity contribution is 6.07. The monoisotopic (exact) mass is 296 g/mol. The zero-order valence-corrected chi connectivity index (χ0v) is 11.8. The summed E-state index contributed by atoms with van der Waals surface area (Å²) in [5.41, 5.74) is 0.788. The normalized spacial score (nSPS) is 10.6. The number of halogens is 1. The summed E-state index contributed by atoms with van der Waals surface area (Å²) in [6, 6.07) is 14.3. The highest BCUT2D eigenvalue weighted by atomic mass is 19.1. The summed E-state index contributed by atoms with van der Waals surface area (Å²) >= 11 is 0. The topological polar surface area (TPSA) is 53.2 Å². The number of amides is 1. The lowest BCUT2D eigenvalue weighted by Crippen LogP contribution is -2.31. The standard InChI is InChI=1S/C17H13FN2O2/c1-20(13-8-6-12(18)7-9-13)17(22)14-10-11-4-2-3-5-15(11)19-16(14)21/h2-10H,1H3,(H,19,21). The number of H-pyrrole nitrogens is 1. The molecule has 22 heavy (non-hydrogen) atoms. The summed E-state index contributed by atoms with van der Waals surface area (Å²) in [4.78, 5) is 28.6. The second-order valence-corrected chi connectivity index (χ2v) is 4.94. The number of anilines is 1. The van der Waals surface area contributed by atoms with Crippen molar-refractivity contribution < 1.29 is 9.18 Å². The molecule has 3 aromatic rings.